The SMILES string of the molecule is CCC(C)n1ccc(COc2cc(N)ccc2C(=O)O)n1. The molecule has 6 nitrogen and oxygen atoms in total. The highest BCUT2D eigenvalue weighted by Gasteiger charge is 2.12. The fraction of sp³-hybridized carbons (Fsp3) is 0.333. The molecular weight excluding hydrogens is 270 g/mol. The Morgan fingerprint density at radius 1 is 1.48 bits per heavy atom. The highest BCUT2D eigenvalue weighted by atomic mass is 16.5. The second-order valence-corrected chi connectivity index (χ2v) is 4.89. The van der Waals surface area contributed by atoms with E-state index < -0.39 is 5.97 Å². The quantitative estimate of drug-likeness (QED) is 0.798. The molecule has 2 rings (SSSR count). The average molecular weight is 289 g/mol. The lowest BCUT2D eigenvalue weighted by Gasteiger charge is -2.10. The lowest BCUT2D eigenvalue weighted by Crippen LogP contribution is -2.07. The van der Waals surface area contributed by atoms with E-state index in [2.05, 4.69) is 18.9 Å². The van der Waals surface area contributed by atoms with Gasteiger partial charge in [0.15, 0.2) is 0 Å². The Labute approximate surface area is 123 Å². The van der Waals surface area contributed by atoms with Crippen molar-refractivity contribution < 1.29 is 14.6 Å². The van der Waals surface area contributed by atoms with E-state index in [1.807, 2.05) is 16.9 Å². The van der Waals surface area contributed by atoms with Crippen LogP contribution in [0.5, 0.6) is 5.75 Å². The van der Waals surface area contributed by atoms with Gasteiger partial charge in [-0.2, -0.15) is 5.10 Å². The van der Waals surface area contributed by atoms with Crippen LogP contribution in [0.2, 0.25) is 0 Å². The normalized spacial score (nSPS) is 12.1. The molecule has 0 aliphatic carbocycles. The number of ether oxygens (including phenoxy) is 1. The topological polar surface area (TPSA) is 90.4 Å². The third kappa shape index (κ3) is 3.53. The molecule has 2 aromatic rings. The molecule has 0 aliphatic heterocycles. The van der Waals surface area contributed by atoms with Crippen LogP contribution in [-0.2, 0) is 6.61 Å². The van der Waals surface area contributed by atoms with Gasteiger partial charge in [-0.25, -0.2) is 4.79 Å². The van der Waals surface area contributed by atoms with Crippen molar-refractivity contribution in [3.8, 4) is 5.75 Å². The van der Waals surface area contributed by atoms with Crippen LogP contribution in [-0.4, -0.2) is 20.9 Å². The molecular formula is C15H19N3O3. The van der Waals surface area contributed by atoms with E-state index >= 15 is 0 Å². The Bertz CT molecular complexity index is 637. The van der Waals surface area contributed by atoms with Crippen molar-refractivity contribution in [2.45, 2.75) is 32.9 Å². The number of nitrogens with two attached hydrogens (primary N) is 1. The summed E-state index contributed by atoms with van der Waals surface area (Å²) in [4.78, 5) is 11.1. The maximum Gasteiger partial charge on any atom is 0.339 e. The van der Waals surface area contributed by atoms with E-state index in [9.17, 15) is 4.79 Å². The van der Waals surface area contributed by atoms with Crippen LogP contribution >= 0.6 is 0 Å². The van der Waals surface area contributed by atoms with Gasteiger partial charge in [-0.3, -0.25) is 4.68 Å². The maximum atomic E-state index is 11.1. The first-order valence-electron chi connectivity index (χ1n) is 6.81. The zero-order valence-electron chi connectivity index (χ0n) is 12.1. The predicted molar refractivity (Wildman–Crippen MR) is 79.4 cm³/mol. The van der Waals surface area contributed by atoms with Gasteiger partial charge in [-0.15, -0.1) is 0 Å². The highest BCUT2D eigenvalue weighted by Crippen LogP contribution is 2.23. The molecule has 0 spiro atoms. The Hall–Kier alpha value is -2.50. The van der Waals surface area contributed by atoms with Gasteiger partial charge in [-0.05, 0) is 31.5 Å². The molecule has 0 fully saturated rings. The van der Waals surface area contributed by atoms with Crippen LogP contribution in [0.4, 0.5) is 5.69 Å². The van der Waals surface area contributed by atoms with Crippen LogP contribution in [0, 0.1) is 0 Å². The number of benzene rings is 1. The summed E-state index contributed by atoms with van der Waals surface area (Å²) in [6.07, 6.45) is 2.88. The number of carboxylic acids is 1. The number of rotatable bonds is 6. The third-order valence-corrected chi connectivity index (χ3v) is 3.32. The predicted octanol–water partition coefficient (Wildman–Crippen LogP) is 2.71. The maximum absolute atomic E-state index is 11.1. The van der Waals surface area contributed by atoms with E-state index in [0.717, 1.165) is 12.1 Å². The van der Waals surface area contributed by atoms with E-state index in [1.54, 1.807) is 0 Å². The Kier molecular flexibility index (Phi) is 4.47. The van der Waals surface area contributed by atoms with Gasteiger partial charge in [0.05, 0.1) is 5.69 Å². The summed E-state index contributed by atoms with van der Waals surface area (Å²) in [7, 11) is 0. The monoisotopic (exact) mass is 289 g/mol. The van der Waals surface area contributed by atoms with Crippen molar-refractivity contribution in [3.63, 3.8) is 0 Å². The standard InChI is InChI=1S/C15H19N3O3/c1-3-10(2)18-7-6-12(17-18)9-21-14-8-11(16)4-5-13(14)15(19)20/h4-8,10H,3,9,16H2,1-2H3,(H,19,20). The van der Waals surface area contributed by atoms with Crippen LogP contribution in [0.25, 0.3) is 0 Å². The van der Waals surface area contributed by atoms with Crippen molar-refractivity contribution in [3.05, 3.63) is 41.7 Å². The first kappa shape index (κ1) is 14.9. The zero-order chi connectivity index (χ0) is 15.4. The molecule has 0 bridgehead atoms. The summed E-state index contributed by atoms with van der Waals surface area (Å²) in [6, 6.07) is 6.66. The second-order valence-electron chi connectivity index (χ2n) is 4.89. The summed E-state index contributed by atoms with van der Waals surface area (Å²) in [5, 5.41) is 13.5. The minimum absolute atomic E-state index is 0.0885. The third-order valence-electron chi connectivity index (χ3n) is 3.32. The molecule has 0 amide bonds. The van der Waals surface area contributed by atoms with Gasteiger partial charge in [0, 0.05) is 24.0 Å². The van der Waals surface area contributed by atoms with Crippen LogP contribution in [0.3, 0.4) is 0 Å². The molecule has 6 heteroatoms. The minimum Gasteiger partial charge on any atom is -0.486 e. The van der Waals surface area contributed by atoms with Gasteiger partial charge in [-0.1, -0.05) is 6.92 Å². The van der Waals surface area contributed by atoms with Crippen LogP contribution in [0.15, 0.2) is 30.5 Å². The summed E-state index contributed by atoms with van der Waals surface area (Å²) >= 11 is 0. The lowest BCUT2D eigenvalue weighted by atomic mass is 10.2. The fourth-order valence-electron chi connectivity index (χ4n) is 1.87. The van der Waals surface area contributed by atoms with Gasteiger partial charge in [0.2, 0.25) is 0 Å². The first-order chi connectivity index (χ1) is 10.0. The van der Waals surface area contributed by atoms with Gasteiger partial charge < -0.3 is 15.6 Å². The summed E-state index contributed by atoms with van der Waals surface area (Å²) in [5.41, 5.74) is 6.96. The second kappa shape index (κ2) is 6.30. The number of hydrogen-bond donors (Lipinski definition) is 2. The molecule has 0 saturated heterocycles. The number of nitrogens with zero attached hydrogens (tertiary/aromatic N) is 2. The number of aromatic nitrogens is 2. The molecule has 1 aromatic heterocycles. The van der Waals surface area contributed by atoms with Crippen molar-refractivity contribution in [1.29, 1.82) is 0 Å². The number of anilines is 1. The van der Waals surface area contributed by atoms with Crippen LogP contribution in [0.1, 0.15) is 42.4 Å². The minimum atomic E-state index is -1.05. The van der Waals surface area contributed by atoms with Gasteiger partial charge in [0.1, 0.15) is 17.9 Å². The van der Waals surface area contributed by atoms with Crippen molar-refractivity contribution >= 4 is 11.7 Å². The molecule has 1 atom stereocenters. The van der Waals surface area contributed by atoms with E-state index in [4.69, 9.17) is 15.6 Å². The summed E-state index contributed by atoms with van der Waals surface area (Å²) < 4.78 is 7.43. The number of carbonyl (C=O) groups is 1. The average Bonchev–Trinajstić information content (AvgIpc) is 2.93. The molecule has 1 aromatic carbocycles. The van der Waals surface area contributed by atoms with Crippen molar-refractivity contribution in [1.82, 2.24) is 9.78 Å². The van der Waals surface area contributed by atoms with Gasteiger partial charge in [0.25, 0.3) is 0 Å². The van der Waals surface area contributed by atoms with Gasteiger partial charge >= 0.3 is 5.97 Å². The molecule has 112 valence electrons. The Morgan fingerprint density at radius 3 is 2.90 bits per heavy atom. The number of carboxylic acid groups (broad SMARTS) is 1. The molecule has 0 radical (unpaired) electrons. The summed E-state index contributed by atoms with van der Waals surface area (Å²) in [6.45, 7) is 4.37. The number of hydrogen-bond acceptors (Lipinski definition) is 4. The number of aromatic carboxylic acids is 1. The smallest absolute Gasteiger partial charge is 0.339 e. The molecule has 3 N–H and O–H groups in total. The lowest BCUT2D eigenvalue weighted by molar-refractivity contribution is 0.0691. The molecule has 1 unspecified atom stereocenters. The molecule has 1 heterocycles. The largest absolute Gasteiger partial charge is 0.486 e. The highest BCUT2D eigenvalue weighted by molar-refractivity contribution is 5.91. The first-order valence-corrected chi connectivity index (χ1v) is 6.81. The van der Waals surface area contributed by atoms with E-state index in [0.29, 0.717) is 11.7 Å². The molecule has 0 saturated carbocycles. The zero-order valence-corrected chi connectivity index (χ0v) is 12.1. The van der Waals surface area contributed by atoms with E-state index in [1.165, 1.54) is 18.2 Å². The summed E-state index contributed by atoms with van der Waals surface area (Å²) in [5.74, 6) is -0.796. The Balaban J connectivity index is 2.11. The van der Waals surface area contributed by atoms with Crippen LogP contribution < -0.4 is 10.5 Å². The number of nitrogen functional groups attached to an aromatic ring is 1. The Morgan fingerprint density at radius 2 is 2.24 bits per heavy atom. The van der Waals surface area contributed by atoms with Crippen molar-refractivity contribution in [2.24, 2.45) is 0 Å². The van der Waals surface area contributed by atoms with E-state index in [-0.39, 0.29) is 17.9 Å². The van der Waals surface area contributed by atoms with Crippen molar-refractivity contribution in [2.75, 3.05) is 5.73 Å². The molecule has 0 aliphatic rings. The fourth-order valence-corrected chi connectivity index (χ4v) is 1.87. The molecule has 21 heavy (non-hydrogen) atoms.